The Kier molecular flexibility index (Phi) is 5.76. The zero-order chi connectivity index (χ0) is 15.2. The van der Waals surface area contributed by atoms with Gasteiger partial charge >= 0.3 is 11.9 Å². The van der Waals surface area contributed by atoms with E-state index in [1.807, 2.05) is 11.4 Å². The first-order valence-corrected chi connectivity index (χ1v) is 7.99. The summed E-state index contributed by atoms with van der Waals surface area (Å²) in [5.74, 6) is -0.571. The number of hydrogen-bond donors (Lipinski definition) is 0. The van der Waals surface area contributed by atoms with Crippen LogP contribution in [0.25, 0.3) is 0 Å². The van der Waals surface area contributed by atoms with Crippen molar-refractivity contribution in [3.63, 3.8) is 0 Å². The van der Waals surface area contributed by atoms with E-state index in [1.165, 1.54) is 19.1 Å². The van der Waals surface area contributed by atoms with Crippen molar-refractivity contribution in [3.8, 4) is 0 Å². The van der Waals surface area contributed by atoms with Crippen molar-refractivity contribution < 1.29 is 19.1 Å². The predicted molar refractivity (Wildman–Crippen MR) is 80.1 cm³/mol. The van der Waals surface area contributed by atoms with Crippen molar-refractivity contribution in [2.45, 2.75) is 37.8 Å². The number of carbonyl (C=O) groups is 2. The van der Waals surface area contributed by atoms with Crippen molar-refractivity contribution in [1.82, 2.24) is 4.90 Å². The molecular formula is C15H21NO4S. The van der Waals surface area contributed by atoms with Crippen LogP contribution < -0.4 is 0 Å². The molecule has 1 fully saturated rings. The van der Waals surface area contributed by atoms with E-state index in [0.717, 1.165) is 19.4 Å². The lowest BCUT2D eigenvalue weighted by Crippen LogP contribution is -2.41. The zero-order valence-corrected chi connectivity index (χ0v) is 13.2. The van der Waals surface area contributed by atoms with E-state index in [0.29, 0.717) is 6.42 Å². The summed E-state index contributed by atoms with van der Waals surface area (Å²) in [6.45, 7) is 0.851. The van der Waals surface area contributed by atoms with E-state index >= 15 is 0 Å². The maximum atomic E-state index is 12.1. The van der Waals surface area contributed by atoms with Gasteiger partial charge in [-0.25, -0.2) is 0 Å². The fraction of sp³-hybridized carbons (Fsp3) is 0.600. The summed E-state index contributed by atoms with van der Waals surface area (Å²) in [6, 6.07) is 3.98. The van der Waals surface area contributed by atoms with Crippen molar-refractivity contribution in [2.24, 2.45) is 0 Å². The largest absolute Gasteiger partial charge is 0.469 e. The Morgan fingerprint density at radius 1 is 1.43 bits per heavy atom. The Balaban J connectivity index is 2.11. The topological polar surface area (TPSA) is 55.8 Å². The fourth-order valence-corrected chi connectivity index (χ4v) is 3.74. The fourth-order valence-electron chi connectivity index (χ4n) is 2.86. The van der Waals surface area contributed by atoms with Crippen LogP contribution >= 0.6 is 11.3 Å². The van der Waals surface area contributed by atoms with Gasteiger partial charge in [-0.2, -0.15) is 0 Å². The van der Waals surface area contributed by atoms with Gasteiger partial charge in [0.05, 0.1) is 14.2 Å². The number of carbonyl (C=O) groups excluding carboxylic acids is 2. The maximum absolute atomic E-state index is 12.1. The van der Waals surface area contributed by atoms with Gasteiger partial charge in [0.1, 0.15) is 6.04 Å². The van der Waals surface area contributed by atoms with Crippen LogP contribution in [0.4, 0.5) is 0 Å². The second-order valence-electron chi connectivity index (χ2n) is 5.07. The molecule has 2 rings (SSSR count). The molecule has 0 saturated carbocycles. The summed E-state index contributed by atoms with van der Waals surface area (Å²) < 4.78 is 9.60. The third kappa shape index (κ3) is 3.83. The molecular weight excluding hydrogens is 290 g/mol. The third-order valence-electron chi connectivity index (χ3n) is 3.89. The standard InChI is InChI=1S/C15H21NO4S/c1-19-14(17)8-7-12(15(18)20-2)16-9-3-5-11(16)13-6-4-10-21-13/h4,6,10-12H,3,5,7-9H2,1-2H3/t11-,12-/m0/s1. The molecule has 0 unspecified atom stereocenters. The van der Waals surface area contributed by atoms with E-state index in [2.05, 4.69) is 15.7 Å². The number of ether oxygens (including phenoxy) is 2. The first-order chi connectivity index (χ1) is 10.2. The van der Waals surface area contributed by atoms with Crippen LogP contribution in [0, 0.1) is 0 Å². The molecule has 2 heterocycles. The molecule has 1 aromatic heterocycles. The SMILES string of the molecule is COC(=O)CC[C@@H](C(=O)OC)N1CCC[C@H]1c1cccs1. The molecule has 1 aliphatic rings. The maximum Gasteiger partial charge on any atom is 0.323 e. The Bertz CT molecular complexity index is 474. The zero-order valence-electron chi connectivity index (χ0n) is 12.4. The average Bonchev–Trinajstić information content (AvgIpc) is 3.17. The summed E-state index contributed by atoms with van der Waals surface area (Å²) in [7, 11) is 2.75. The van der Waals surface area contributed by atoms with Crippen molar-refractivity contribution >= 4 is 23.3 Å². The first-order valence-electron chi connectivity index (χ1n) is 7.11. The average molecular weight is 311 g/mol. The first kappa shape index (κ1) is 16.0. The monoisotopic (exact) mass is 311 g/mol. The quantitative estimate of drug-likeness (QED) is 0.755. The Hall–Kier alpha value is -1.40. The van der Waals surface area contributed by atoms with Gasteiger partial charge < -0.3 is 9.47 Å². The molecule has 2 atom stereocenters. The van der Waals surface area contributed by atoms with Crippen molar-refractivity contribution in [3.05, 3.63) is 22.4 Å². The molecule has 0 radical (unpaired) electrons. The summed E-state index contributed by atoms with van der Waals surface area (Å²) >= 11 is 1.70. The highest BCUT2D eigenvalue weighted by molar-refractivity contribution is 7.10. The minimum absolute atomic E-state index is 0.226. The highest BCUT2D eigenvalue weighted by Crippen LogP contribution is 2.37. The van der Waals surface area contributed by atoms with Crippen LogP contribution in [0.15, 0.2) is 17.5 Å². The van der Waals surface area contributed by atoms with E-state index in [4.69, 9.17) is 4.74 Å². The predicted octanol–water partition coefficient (Wildman–Crippen LogP) is 2.38. The second kappa shape index (κ2) is 7.56. The number of likely N-dealkylation sites (tertiary alicyclic amines) is 1. The second-order valence-corrected chi connectivity index (χ2v) is 6.04. The third-order valence-corrected chi connectivity index (χ3v) is 4.86. The molecule has 0 bridgehead atoms. The number of rotatable bonds is 6. The Labute approximate surface area is 128 Å². The minimum Gasteiger partial charge on any atom is -0.469 e. The molecule has 0 N–H and O–H groups in total. The highest BCUT2D eigenvalue weighted by atomic mass is 32.1. The van der Waals surface area contributed by atoms with Crippen LogP contribution in [-0.4, -0.2) is 43.6 Å². The van der Waals surface area contributed by atoms with Crippen LogP contribution in [-0.2, 0) is 19.1 Å². The van der Waals surface area contributed by atoms with Crippen LogP contribution in [0.2, 0.25) is 0 Å². The van der Waals surface area contributed by atoms with Gasteiger partial charge in [0.15, 0.2) is 0 Å². The molecule has 6 heteroatoms. The lowest BCUT2D eigenvalue weighted by molar-refractivity contribution is -0.148. The Morgan fingerprint density at radius 2 is 2.24 bits per heavy atom. The van der Waals surface area contributed by atoms with Gasteiger partial charge in [0.2, 0.25) is 0 Å². The molecule has 0 aliphatic carbocycles. The summed E-state index contributed by atoms with van der Waals surface area (Å²) in [5.41, 5.74) is 0. The number of nitrogens with zero attached hydrogens (tertiary/aromatic N) is 1. The number of hydrogen-bond acceptors (Lipinski definition) is 6. The number of esters is 2. The highest BCUT2D eigenvalue weighted by Gasteiger charge is 2.36. The lowest BCUT2D eigenvalue weighted by Gasteiger charge is -2.30. The smallest absolute Gasteiger partial charge is 0.323 e. The molecule has 0 amide bonds. The Morgan fingerprint density at radius 3 is 2.86 bits per heavy atom. The molecule has 0 spiro atoms. The number of thiophene rings is 1. The molecule has 21 heavy (non-hydrogen) atoms. The normalized spacial score (nSPS) is 20.2. The van der Waals surface area contributed by atoms with Crippen molar-refractivity contribution in [1.29, 1.82) is 0 Å². The van der Waals surface area contributed by atoms with Gasteiger partial charge in [-0.15, -0.1) is 11.3 Å². The van der Waals surface area contributed by atoms with Gasteiger partial charge in [-0.3, -0.25) is 14.5 Å². The van der Waals surface area contributed by atoms with Crippen LogP contribution in [0.3, 0.4) is 0 Å². The molecule has 116 valence electrons. The van der Waals surface area contributed by atoms with E-state index in [9.17, 15) is 9.59 Å². The van der Waals surface area contributed by atoms with Gasteiger partial charge in [0, 0.05) is 17.3 Å². The van der Waals surface area contributed by atoms with E-state index in [1.54, 1.807) is 11.3 Å². The van der Waals surface area contributed by atoms with Gasteiger partial charge in [0.25, 0.3) is 0 Å². The molecule has 5 nitrogen and oxygen atoms in total. The lowest BCUT2D eigenvalue weighted by atomic mass is 10.1. The molecule has 1 saturated heterocycles. The van der Waals surface area contributed by atoms with Gasteiger partial charge in [-0.1, -0.05) is 6.07 Å². The van der Waals surface area contributed by atoms with E-state index < -0.39 is 0 Å². The summed E-state index contributed by atoms with van der Waals surface area (Å²) in [5, 5.41) is 2.05. The van der Waals surface area contributed by atoms with E-state index in [-0.39, 0.29) is 30.4 Å². The van der Waals surface area contributed by atoms with Gasteiger partial charge in [-0.05, 0) is 37.3 Å². The van der Waals surface area contributed by atoms with Crippen LogP contribution in [0.5, 0.6) is 0 Å². The molecule has 1 aromatic rings. The van der Waals surface area contributed by atoms with Crippen LogP contribution in [0.1, 0.15) is 36.6 Å². The molecule has 0 aromatic carbocycles. The summed E-state index contributed by atoms with van der Waals surface area (Å²) in [6.07, 6.45) is 2.74. The minimum atomic E-state index is -0.385. The number of methoxy groups -OCH3 is 2. The molecule has 1 aliphatic heterocycles. The summed E-state index contributed by atoms with van der Waals surface area (Å²) in [4.78, 5) is 26.9. The van der Waals surface area contributed by atoms with Crippen molar-refractivity contribution in [2.75, 3.05) is 20.8 Å².